The maximum absolute atomic E-state index is 6.19. The summed E-state index contributed by atoms with van der Waals surface area (Å²) in [7, 11) is 0. The number of allylic oxidation sites excluding steroid dienone is 9. The molecule has 2 aliphatic carbocycles. The molecule has 4 aliphatic rings. The zero-order valence-electron chi connectivity index (χ0n) is 31.4. The highest BCUT2D eigenvalue weighted by molar-refractivity contribution is 7.00. The summed E-state index contributed by atoms with van der Waals surface area (Å²) in [6.45, 7) is 0.0876. The molecular weight excluding hydrogens is 691 g/mol. The van der Waals surface area contributed by atoms with Crippen molar-refractivity contribution in [3.05, 3.63) is 205 Å². The van der Waals surface area contributed by atoms with Crippen molar-refractivity contribution in [2.24, 2.45) is 0 Å². The van der Waals surface area contributed by atoms with Gasteiger partial charge in [0.2, 0.25) is 0 Å². The lowest BCUT2D eigenvalue weighted by molar-refractivity contribution is 0.669. The average molecular weight is 729 g/mol. The van der Waals surface area contributed by atoms with E-state index in [9.17, 15) is 0 Å². The number of furan rings is 1. The van der Waals surface area contributed by atoms with Crippen LogP contribution in [0.2, 0.25) is 0 Å². The van der Waals surface area contributed by atoms with Crippen LogP contribution in [0.5, 0.6) is 0 Å². The van der Waals surface area contributed by atoms with Gasteiger partial charge in [0.15, 0.2) is 0 Å². The Labute approximate surface area is 332 Å². The molecule has 0 saturated heterocycles. The van der Waals surface area contributed by atoms with Gasteiger partial charge in [-0.25, -0.2) is 0 Å². The Morgan fingerprint density at radius 3 is 2.23 bits per heavy atom. The fourth-order valence-corrected chi connectivity index (χ4v) is 9.67. The van der Waals surface area contributed by atoms with Gasteiger partial charge in [0, 0.05) is 44.9 Å². The minimum absolute atomic E-state index is 0.0876. The lowest BCUT2D eigenvalue weighted by atomic mass is 9.33. The molecule has 0 saturated carbocycles. The fraction of sp³-hybridized carbons (Fsp3) is 0.0566. The molecule has 0 atom stereocenters. The van der Waals surface area contributed by atoms with Crippen molar-refractivity contribution in [1.29, 1.82) is 0 Å². The van der Waals surface area contributed by atoms with Gasteiger partial charge in [0.25, 0.3) is 6.71 Å². The van der Waals surface area contributed by atoms with Gasteiger partial charge in [-0.05, 0) is 135 Å². The third-order valence-electron chi connectivity index (χ3n) is 12.3. The number of fused-ring (bicyclic) bond motifs is 8. The molecule has 12 rings (SSSR count). The summed E-state index contributed by atoms with van der Waals surface area (Å²) < 4.78 is 6.19. The average Bonchev–Trinajstić information content (AvgIpc) is 3.44. The molecule has 1 aromatic heterocycles. The summed E-state index contributed by atoms with van der Waals surface area (Å²) in [6, 6.07) is 53.5. The van der Waals surface area contributed by atoms with E-state index in [-0.39, 0.29) is 6.71 Å². The molecule has 8 aromatic rings. The van der Waals surface area contributed by atoms with Gasteiger partial charge < -0.3 is 14.2 Å². The van der Waals surface area contributed by atoms with Crippen LogP contribution in [-0.2, 0) is 0 Å². The lowest BCUT2D eigenvalue weighted by Gasteiger charge is -2.44. The fourth-order valence-electron chi connectivity index (χ4n) is 9.67. The molecule has 4 heteroatoms. The zero-order chi connectivity index (χ0) is 37.5. The molecule has 0 N–H and O–H groups in total. The molecule has 3 heterocycles. The van der Waals surface area contributed by atoms with Gasteiger partial charge >= 0.3 is 0 Å². The number of hydrogen-bond acceptors (Lipinski definition) is 3. The predicted octanol–water partition coefficient (Wildman–Crippen LogP) is 12.2. The van der Waals surface area contributed by atoms with E-state index in [2.05, 4.69) is 186 Å². The third-order valence-corrected chi connectivity index (χ3v) is 12.3. The van der Waals surface area contributed by atoms with Gasteiger partial charge in [-0.3, -0.25) is 0 Å². The summed E-state index contributed by atoms with van der Waals surface area (Å²) in [5.74, 6) is 0. The molecule has 0 bridgehead atoms. The van der Waals surface area contributed by atoms with Crippen LogP contribution < -0.4 is 26.2 Å². The van der Waals surface area contributed by atoms with Crippen molar-refractivity contribution >= 4 is 95.4 Å². The summed E-state index contributed by atoms with van der Waals surface area (Å²) in [6.07, 6.45) is 19.3. The summed E-state index contributed by atoms with van der Waals surface area (Å²) in [5, 5.41) is 4.74. The van der Waals surface area contributed by atoms with Crippen LogP contribution in [0.15, 0.2) is 198 Å². The number of benzene rings is 7. The first-order valence-corrected chi connectivity index (χ1v) is 20.1. The largest absolute Gasteiger partial charge is 0.456 e. The molecule has 57 heavy (non-hydrogen) atoms. The molecule has 268 valence electrons. The molecule has 7 aromatic carbocycles. The second kappa shape index (κ2) is 12.8. The van der Waals surface area contributed by atoms with Crippen LogP contribution >= 0.6 is 0 Å². The Balaban J connectivity index is 0.986. The molecule has 0 spiro atoms. The van der Waals surface area contributed by atoms with E-state index in [0.717, 1.165) is 41.2 Å². The Morgan fingerprint density at radius 2 is 1.32 bits per heavy atom. The first kappa shape index (κ1) is 32.2. The highest BCUT2D eigenvalue weighted by Gasteiger charge is 2.43. The van der Waals surface area contributed by atoms with Crippen LogP contribution in [0.4, 0.5) is 28.4 Å². The van der Waals surface area contributed by atoms with Gasteiger partial charge in [0.05, 0.1) is 0 Å². The maximum Gasteiger partial charge on any atom is 0.252 e. The standard InChI is InChI=1S/C53H37BN2O/c1-3-15-41(16-4-1)55-47-21-9-8-20-45(47)54-46-33-38(29-30-48(46)56(42-17-5-2-6-18-42)50-23-12-22-49(55)53(50)54)36-14-11-13-35(25-26-36)37-27-28-39-34-52-44(32-40(39)31-37)43-19-7-10-24-51(43)57-52/h2-3,5-12,14-34H,1,4,13H2. The first-order valence-electron chi connectivity index (χ1n) is 20.1. The summed E-state index contributed by atoms with van der Waals surface area (Å²) in [5.41, 5.74) is 18.3. The van der Waals surface area contributed by atoms with Gasteiger partial charge in [-0.15, -0.1) is 0 Å². The van der Waals surface area contributed by atoms with Crippen molar-refractivity contribution in [2.75, 3.05) is 9.80 Å². The molecular formula is C53H37BN2O. The van der Waals surface area contributed by atoms with Crippen LogP contribution in [0.1, 0.15) is 30.4 Å². The summed E-state index contributed by atoms with van der Waals surface area (Å²) in [4.78, 5) is 4.97. The third kappa shape index (κ3) is 5.07. The van der Waals surface area contributed by atoms with E-state index in [0.29, 0.717) is 0 Å². The smallest absolute Gasteiger partial charge is 0.252 e. The molecule has 2 aliphatic heterocycles. The lowest BCUT2D eigenvalue weighted by Crippen LogP contribution is -2.61. The highest BCUT2D eigenvalue weighted by Crippen LogP contribution is 2.43. The van der Waals surface area contributed by atoms with Crippen LogP contribution in [0, 0.1) is 0 Å². The molecule has 0 radical (unpaired) electrons. The van der Waals surface area contributed by atoms with E-state index < -0.39 is 0 Å². The first-order chi connectivity index (χ1) is 28.3. The van der Waals surface area contributed by atoms with E-state index in [4.69, 9.17) is 4.42 Å². The van der Waals surface area contributed by atoms with Gasteiger partial charge in [-0.2, -0.15) is 0 Å². The van der Waals surface area contributed by atoms with Crippen molar-refractivity contribution in [3.63, 3.8) is 0 Å². The Bertz CT molecular complexity index is 3120. The van der Waals surface area contributed by atoms with Gasteiger partial charge in [-0.1, -0.05) is 121 Å². The monoisotopic (exact) mass is 728 g/mol. The molecule has 0 unspecified atom stereocenters. The van der Waals surface area contributed by atoms with E-state index in [1.54, 1.807) is 0 Å². The number of rotatable bonds is 4. The second-order valence-corrected chi connectivity index (χ2v) is 15.5. The van der Waals surface area contributed by atoms with E-state index in [1.165, 1.54) is 83.6 Å². The molecule has 3 nitrogen and oxygen atoms in total. The molecule has 0 amide bonds. The molecule has 0 fully saturated rings. The summed E-state index contributed by atoms with van der Waals surface area (Å²) >= 11 is 0. The van der Waals surface area contributed by atoms with Crippen LogP contribution in [0.3, 0.4) is 0 Å². The highest BCUT2D eigenvalue weighted by atomic mass is 16.3. The van der Waals surface area contributed by atoms with Crippen LogP contribution in [0.25, 0.3) is 43.9 Å². The van der Waals surface area contributed by atoms with Crippen LogP contribution in [-0.4, -0.2) is 6.71 Å². The number of para-hydroxylation sites is 3. The number of anilines is 5. The van der Waals surface area contributed by atoms with Gasteiger partial charge in [0.1, 0.15) is 11.2 Å². The normalized spacial score (nSPS) is 15.6. The Morgan fingerprint density at radius 1 is 0.509 bits per heavy atom. The predicted molar refractivity (Wildman–Crippen MR) is 242 cm³/mol. The minimum Gasteiger partial charge on any atom is -0.456 e. The van der Waals surface area contributed by atoms with E-state index >= 15 is 0 Å². The zero-order valence-corrected chi connectivity index (χ0v) is 31.4. The van der Waals surface area contributed by atoms with Crippen molar-refractivity contribution in [3.8, 4) is 0 Å². The topological polar surface area (TPSA) is 19.6 Å². The minimum atomic E-state index is 0.0876. The number of nitrogens with zero attached hydrogens (tertiary/aromatic N) is 2. The Kier molecular flexibility index (Phi) is 7.21. The van der Waals surface area contributed by atoms with Crippen molar-refractivity contribution < 1.29 is 4.42 Å². The van der Waals surface area contributed by atoms with Crippen molar-refractivity contribution in [1.82, 2.24) is 0 Å². The quantitative estimate of drug-likeness (QED) is 0.168. The second-order valence-electron chi connectivity index (χ2n) is 15.5. The van der Waals surface area contributed by atoms with Crippen molar-refractivity contribution in [2.45, 2.75) is 19.3 Å². The maximum atomic E-state index is 6.19. The SMILES string of the molecule is C1=CC(N2c3ccccc3B3c4cc(C5=CC=C(c6ccc7cc8oc9ccccc9c8cc7c6)CC=C5)ccc4N(c4ccccc4)c4cccc2c43)=CCC1. The number of hydrogen-bond donors (Lipinski definition) is 0. The van der Waals surface area contributed by atoms with E-state index in [1.807, 2.05) is 12.1 Å². The Hall–Kier alpha value is -7.04.